The van der Waals surface area contributed by atoms with E-state index in [-0.39, 0.29) is 17.7 Å². The lowest BCUT2D eigenvalue weighted by molar-refractivity contribution is -0.142. The molecular formula is C14H18FNO5. The molecule has 116 valence electrons. The number of nitrogens with one attached hydrogen (secondary N) is 1. The average molecular weight is 299 g/mol. The van der Waals surface area contributed by atoms with Crippen molar-refractivity contribution in [2.45, 2.75) is 18.9 Å². The van der Waals surface area contributed by atoms with Crippen molar-refractivity contribution < 1.29 is 28.6 Å². The molecule has 1 aromatic rings. The van der Waals surface area contributed by atoms with Crippen molar-refractivity contribution in [1.29, 1.82) is 0 Å². The fourth-order valence-corrected chi connectivity index (χ4v) is 1.76. The van der Waals surface area contributed by atoms with Gasteiger partial charge in [0.25, 0.3) is 0 Å². The SMILES string of the molecule is COCCCC(=O)NC(C(=O)O)c1ccc(OC)c(F)c1. The first-order valence-electron chi connectivity index (χ1n) is 6.34. The second kappa shape index (κ2) is 8.21. The molecule has 2 N–H and O–H groups in total. The Kier molecular flexibility index (Phi) is 6.61. The first-order chi connectivity index (χ1) is 9.99. The van der Waals surface area contributed by atoms with Crippen molar-refractivity contribution in [3.05, 3.63) is 29.6 Å². The number of methoxy groups -OCH3 is 2. The molecule has 1 aromatic carbocycles. The summed E-state index contributed by atoms with van der Waals surface area (Å²) in [4.78, 5) is 22.9. The summed E-state index contributed by atoms with van der Waals surface area (Å²) in [5, 5.41) is 11.5. The topological polar surface area (TPSA) is 84.9 Å². The van der Waals surface area contributed by atoms with Gasteiger partial charge in [-0.1, -0.05) is 6.07 Å². The third kappa shape index (κ3) is 5.03. The molecule has 1 amide bonds. The van der Waals surface area contributed by atoms with Crippen LogP contribution in [0.3, 0.4) is 0 Å². The molecule has 1 atom stereocenters. The van der Waals surface area contributed by atoms with Gasteiger partial charge in [0, 0.05) is 20.1 Å². The molecule has 6 nitrogen and oxygen atoms in total. The molecule has 0 saturated carbocycles. The first-order valence-corrected chi connectivity index (χ1v) is 6.34. The van der Waals surface area contributed by atoms with Crippen LogP contribution in [0.2, 0.25) is 0 Å². The van der Waals surface area contributed by atoms with E-state index in [2.05, 4.69) is 5.32 Å². The van der Waals surface area contributed by atoms with Gasteiger partial charge in [-0.3, -0.25) is 4.79 Å². The maximum Gasteiger partial charge on any atom is 0.330 e. The van der Waals surface area contributed by atoms with E-state index < -0.39 is 23.7 Å². The summed E-state index contributed by atoms with van der Waals surface area (Å²) < 4.78 is 23.2. The van der Waals surface area contributed by atoms with Crippen LogP contribution in [0.25, 0.3) is 0 Å². The maximum atomic E-state index is 13.6. The fourth-order valence-electron chi connectivity index (χ4n) is 1.76. The summed E-state index contributed by atoms with van der Waals surface area (Å²) in [5.74, 6) is -2.38. The first kappa shape index (κ1) is 16.9. The quantitative estimate of drug-likeness (QED) is 0.711. The van der Waals surface area contributed by atoms with Gasteiger partial charge >= 0.3 is 5.97 Å². The minimum Gasteiger partial charge on any atom is -0.494 e. The number of amides is 1. The van der Waals surface area contributed by atoms with E-state index in [0.29, 0.717) is 13.0 Å². The lowest BCUT2D eigenvalue weighted by Gasteiger charge is -2.15. The van der Waals surface area contributed by atoms with E-state index in [4.69, 9.17) is 9.47 Å². The van der Waals surface area contributed by atoms with Crippen molar-refractivity contribution in [1.82, 2.24) is 5.32 Å². The molecular weight excluding hydrogens is 281 g/mol. The molecule has 0 spiro atoms. The molecule has 1 unspecified atom stereocenters. The number of aliphatic carboxylic acids is 1. The molecule has 0 aliphatic carbocycles. The third-order valence-electron chi connectivity index (χ3n) is 2.81. The van der Waals surface area contributed by atoms with Crippen LogP contribution in [0, 0.1) is 5.82 Å². The highest BCUT2D eigenvalue weighted by molar-refractivity contribution is 5.84. The van der Waals surface area contributed by atoms with Crippen LogP contribution < -0.4 is 10.1 Å². The van der Waals surface area contributed by atoms with Crippen molar-refractivity contribution >= 4 is 11.9 Å². The molecule has 0 radical (unpaired) electrons. The van der Waals surface area contributed by atoms with Gasteiger partial charge in [-0.05, 0) is 24.1 Å². The van der Waals surface area contributed by atoms with Gasteiger partial charge in [0.1, 0.15) is 0 Å². The summed E-state index contributed by atoms with van der Waals surface area (Å²) in [7, 11) is 2.82. The number of carbonyl (C=O) groups is 2. The summed E-state index contributed by atoms with van der Waals surface area (Å²) in [6.45, 7) is 0.405. The number of rotatable bonds is 8. The molecule has 0 saturated heterocycles. The van der Waals surface area contributed by atoms with E-state index in [0.717, 1.165) is 6.07 Å². The van der Waals surface area contributed by atoms with Gasteiger partial charge < -0.3 is 19.9 Å². The van der Waals surface area contributed by atoms with Crippen LogP contribution in [0.4, 0.5) is 4.39 Å². The van der Waals surface area contributed by atoms with E-state index in [9.17, 15) is 19.1 Å². The lowest BCUT2D eigenvalue weighted by Crippen LogP contribution is -2.33. The largest absolute Gasteiger partial charge is 0.494 e. The molecule has 21 heavy (non-hydrogen) atoms. The highest BCUT2D eigenvalue weighted by Crippen LogP contribution is 2.22. The van der Waals surface area contributed by atoms with Gasteiger partial charge in [-0.15, -0.1) is 0 Å². The van der Waals surface area contributed by atoms with E-state index >= 15 is 0 Å². The normalized spacial score (nSPS) is 11.8. The maximum absolute atomic E-state index is 13.6. The number of carboxylic acids is 1. The second-order valence-electron chi connectivity index (χ2n) is 4.33. The Morgan fingerprint density at radius 1 is 1.38 bits per heavy atom. The van der Waals surface area contributed by atoms with Crippen molar-refractivity contribution in [2.24, 2.45) is 0 Å². The molecule has 7 heteroatoms. The Labute approximate surface area is 121 Å². The minimum absolute atomic E-state index is 0.00862. The minimum atomic E-state index is -1.31. The second-order valence-corrected chi connectivity index (χ2v) is 4.33. The molecule has 0 aliphatic rings. The van der Waals surface area contributed by atoms with Crippen molar-refractivity contribution in [3.8, 4) is 5.75 Å². The van der Waals surface area contributed by atoms with E-state index in [1.807, 2.05) is 0 Å². The predicted octanol–water partition coefficient (Wildman–Crippen LogP) is 1.50. The van der Waals surface area contributed by atoms with Gasteiger partial charge in [-0.2, -0.15) is 0 Å². The van der Waals surface area contributed by atoms with Crippen molar-refractivity contribution in [3.63, 3.8) is 0 Å². The Morgan fingerprint density at radius 3 is 2.62 bits per heavy atom. The molecule has 0 aliphatic heterocycles. The summed E-state index contributed by atoms with van der Waals surface area (Å²) >= 11 is 0. The number of ether oxygens (including phenoxy) is 2. The Bertz CT molecular complexity index is 506. The molecule has 0 heterocycles. The van der Waals surface area contributed by atoms with Crippen LogP contribution in [0.1, 0.15) is 24.4 Å². The van der Waals surface area contributed by atoms with Gasteiger partial charge in [0.2, 0.25) is 5.91 Å². The number of carboxylic acid groups (broad SMARTS) is 1. The zero-order chi connectivity index (χ0) is 15.8. The van der Waals surface area contributed by atoms with E-state index in [1.54, 1.807) is 0 Å². The summed E-state index contributed by atoms with van der Waals surface area (Å²) in [5.41, 5.74) is 0.140. The monoisotopic (exact) mass is 299 g/mol. The zero-order valence-corrected chi connectivity index (χ0v) is 11.9. The number of hydrogen-bond donors (Lipinski definition) is 2. The number of hydrogen-bond acceptors (Lipinski definition) is 4. The van der Waals surface area contributed by atoms with Crippen LogP contribution in [-0.4, -0.2) is 37.8 Å². The van der Waals surface area contributed by atoms with Crippen LogP contribution in [0.15, 0.2) is 18.2 Å². The Hall–Kier alpha value is -2.15. The van der Waals surface area contributed by atoms with Gasteiger partial charge in [0.15, 0.2) is 17.6 Å². The standard InChI is InChI=1S/C14H18FNO5/c1-20-7-3-4-12(17)16-13(14(18)19)9-5-6-11(21-2)10(15)8-9/h5-6,8,13H,3-4,7H2,1-2H3,(H,16,17)(H,18,19). The molecule has 1 rings (SSSR count). The summed E-state index contributed by atoms with van der Waals surface area (Å²) in [6, 6.07) is 2.45. The molecule has 0 bridgehead atoms. The van der Waals surface area contributed by atoms with Crippen LogP contribution in [0.5, 0.6) is 5.75 Å². The third-order valence-corrected chi connectivity index (χ3v) is 2.81. The Balaban J connectivity index is 2.80. The van der Waals surface area contributed by atoms with Gasteiger partial charge in [0.05, 0.1) is 7.11 Å². The Morgan fingerprint density at radius 2 is 2.10 bits per heavy atom. The predicted molar refractivity (Wildman–Crippen MR) is 72.6 cm³/mol. The van der Waals surface area contributed by atoms with Crippen LogP contribution >= 0.6 is 0 Å². The average Bonchev–Trinajstić information content (AvgIpc) is 2.44. The fraction of sp³-hybridized carbons (Fsp3) is 0.429. The highest BCUT2D eigenvalue weighted by Gasteiger charge is 2.23. The lowest BCUT2D eigenvalue weighted by atomic mass is 10.1. The molecule has 0 fully saturated rings. The van der Waals surface area contributed by atoms with E-state index in [1.165, 1.54) is 26.4 Å². The summed E-state index contributed by atoms with van der Waals surface area (Å²) in [6.07, 6.45) is 0.613. The highest BCUT2D eigenvalue weighted by atomic mass is 19.1. The number of benzene rings is 1. The van der Waals surface area contributed by atoms with Crippen LogP contribution in [-0.2, 0) is 14.3 Å². The zero-order valence-electron chi connectivity index (χ0n) is 11.9. The smallest absolute Gasteiger partial charge is 0.330 e. The van der Waals surface area contributed by atoms with Crippen molar-refractivity contribution in [2.75, 3.05) is 20.8 Å². The van der Waals surface area contributed by atoms with Gasteiger partial charge in [-0.25, -0.2) is 9.18 Å². The molecule has 0 aromatic heterocycles. The number of halogens is 1. The number of carbonyl (C=O) groups excluding carboxylic acids is 1.